The van der Waals surface area contributed by atoms with Gasteiger partial charge in [0.2, 0.25) is 5.91 Å². The van der Waals surface area contributed by atoms with Gasteiger partial charge in [-0.05, 0) is 45.7 Å². The van der Waals surface area contributed by atoms with E-state index in [-0.39, 0.29) is 11.3 Å². The second-order valence-electron chi connectivity index (χ2n) is 5.40. The predicted molar refractivity (Wildman–Crippen MR) is 72.0 cm³/mol. The molecule has 0 aromatic heterocycles. The molecule has 2 N–H and O–H groups in total. The summed E-state index contributed by atoms with van der Waals surface area (Å²) in [7, 11) is 0. The Morgan fingerprint density at radius 1 is 1.35 bits per heavy atom. The number of rotatable bonds is 6. The van der Waals surface area contributed by atoms with E-state index in [2.05, 4.69) is 31.4 Å². The van der Waals surface area contributed by atoms with Crippen LogP contribution in [0.1, 0.15) is 59.3 Å². The fourth-order valence-electron chi connectivity index (χ4n) is 2.61. The van der Waals surface area contributed by atoms with Gasteiger partial charge in [0.15, 0.2) is 0 Å². The lowest BCUT2D eigenvalue weighted by Crippen LogP contribution is -2.49. The molecule has 1 amide bonds. The van der Waals surface area contributed by atoms with Gasteiger partial charge in [0.05, 0.1) is 5.41 Å². The third kappa shape index (κ3) is 3.98. The number of piperidine rings is 1. The number of unbranched alkanes of at least 4 members (excludes halogenated alkanes) is 1. The van der Waals surface area contributed by atoms with Crippen molar-refractivity contribution in [1.29, 1.82) is 0 Å². The molecule has 3 nitrogen and oxygen atoms in total. The number of hydrogen-bond donors (Lipinski definition) is 2. The second kappa shape index (κ2) is 7.00. The third-order valence-electron chi connectivity index (χ3n) is 4.09. The van der Waals surface area contributed by atoms with E-state index in [1.54, 1.807) is 0 Å². The van der Waals surface area contributed by atoms with Crippen molar-refractivity contribution in [1.82, 2.24) is 10.6 Å². The molecule has 1 unspecified atom stereocenters. The van der Waals surface area contributed by atoms with Crippen molar-refractivity contribution in [2.75, 3.05) is 13.1 Å². The summed E-state index contributed by atoms with van der Waals surface area (Å²) in [5.74, 6) is 0.283. The standard InChI is InChI=1S/C14H28N2O/c1-4-6-7-12(3)16-13(17)14(5-2)8-10-15-11-9-14/h12,15H,4-11H2,1-3H3,(H,16,17). The van der Waals surface area contributed by atoms with E-state index in [1.165, 1.54) is 12.8 Å². The van der Waals surface area contributed by atoms with E-state index in [4.69, 9.17) is 0 Å². The van der Waals surface area contributed by atoms with Crippen LogP contribution in [0, 0.1) is 5.41 Å². The van der Waals surface area contributed by atoms with Crippen LogP contribution >= 0.6 is 0 Å². The number of carbonyl (C=O) groups is 1. The van der Waals surface area contributed by atoms with Crippen LogP contribution in [0.4, 0.5) is 0 Å². The molecule has 1 fully saturated rings. The van der Waals surface area contributed by atoms with Crippen LogP contribution in [0.25, 0.3) is 0 Å². The molecule has 0 spiro atoms. The van der Waals surface area contributed by atoms with Gasteiger partial charge in [0.25, 0.3) is 0 Å². The molecule has 1 aliphatic heterocycles. The lowest BCUT2D eigenvalue weighted by Gasteiger charge is -2.36. The minimum absolute atomic E-state index is 0.105. The Hall–Kier alpha value is -0.570. The number of amides is 1. The zero-order chi connectivity index (χ0) is 12.7. The van der Waals surface area contributed by atoms with Gasteiger partial charge in [-0.15, -0.1) is 0 Å². The van der Waals surface area contributed by atoms with Crippen LogP contribution in [0.15, 0.2) is 0 Å². The highest BCUT2D eigenvalue weighted by Crippen LogP contribution is 2.32. The van der Waals surface area contributed by atoms with Gasteiger partial charge in [-0.3, -0.25) is 4.79 Å². The molecule has 0 aliphatic carbocycles. The lowest BCUT2D eigenvalue weighted by molar-refractivity contribution is -0.133. The summed E-state index contributed by atoms with van der Waals surface area (Å²) in [5.41, 5.74) is -0.105. The molecule has 0 saturated carbocycles. The highest BCUT2D eigenvalue weighted by Gasteiger charge is 2.37. The highest BCUT2D eigenvalue weighted by atomic mass is 16.2. The summed E-state index contributed by atoms with van der Waals surface area (Å²) in [6.07, 6.45) is 6.41. The van der Waals surface area contributed by atoms with Crippen LogP contribution in [0.5, 0.6) is 0 Å². The Kier molecular flexibility index (Phi) is 5.96. The molecule has 0 aromatic rings. The van der Waals surface area contributed by atoms with E-state index < -0.39 is 0 Å². The van der Waals surface area contributed by atoms with Crippen molar-refractivity contribution < 1.29 is 4.79 Å². The molecule has 1 saturated heterocycles. The van der Waals surface area contributed by atoms with Gasteiger partial charge in [-0.25, -0.2) is 0 Å². The van der Waals surface area contributed by atoms with Gasteiger partial charge >= 0.3 is 0 Å². The third-order valence-corrected chi connectivity index (χ3v) is 4.09. The Morgan fingerprint density at radius 2 is 2.00 bits per heavy atom. The fourth-order valence-corrected chi connectivity index (χ4v) is 2.61. The Balaban J connectivity index is 2.48. The minimum atomic E-state index is -0.105. The molecule has 0 bridgehead atoms. The van der Waals surface area contributed by atoms with Gasteiger partial charge in [-0.1, -0.05) is 26.7 Å². The molecule has 100 valence electrons. The summed E-state index contributed by atoms with van der Waals surface area (Å²) in [6.45, 7) is 8.41. The number of nitrogens with one attached hydrogen (secondary N) is 2. The first kappa shape index (κ1) is 14.5. The van der Waals surface area contributed by atoms with Crippen LogP contribution in [0.2, 0.25) is 0 Å². The van der Waals surface area contributed by atoms with E-state index in [0.717, 1.165) is 38.8 Å². The van der Waals surface area contributed by atoms with E-state index in [1.807, 2.05) is 0 Å². The molecule has 1 rings (SSSR count). The molecular formula is C14H28N2O. The van der Waals surface area contributed by atoms with Gasteiger partial charge in [-0.2, -0.15) is 0 Å². The normalized spacial score (nSPS) is 20.9. The molecular weight excluding hydrogens is 212 g/mol. The molecule has 1 heterocycles. The maximum absolute atomic E-state index is 12.4. The van der Waals surface area contributed by atoms with E-state index >= 15 is 0 Å². The first-order valence-electron chi connectivity index (χ1n) is 7.16. The van der Waals surface area contributed by atoms with Crippen molar-refractivity contribution in [3.63, 3.8) is 0 Å². The average Bonchev–Trinajstić information content (AvgIpc) is 2.37. The maximum atomic E-state index is 12.4. The summed E-state index contributed by atoms with van der Waals surface area (Å²) >= 11 is 0. The van der Waals surface area contributed by atoms with E-state index in [0.29, 0.717) is 6.04 Å². The van der Waals surface area contributed by atoms with Crippen molar-refractivity contribution in [3.8, 4) is 0 Å². The lowest BCUT2D eigenvalue weighted by atomic mass is 9.75. The Labute approximate surface area is 106 Å². The predicted octanol–water partition coefficient (Wildman–Crippen LogP) is 2.46. The van der Waals surface area contributed by atoms with Crippen LogP contribution in [0.3, 0.4) is 0 Å². The van der Waals surface area contributed by atoms with Gasteiger partial charge in [0.1, 0.15) is 0 Å². The quantitative estimate of drug-likeness (QED) is 0.749. The molecule has 1 atom stereocenters. The number of hydrogen-bond acceptors (Lipinski definition) is 2. The zero-order valence-electron chi connectivity index (χ0n) is 11.6. The maximum Gasteiger partial charge on any atom is 0.226 e. The number of carbonyl (C=O) groups excluding carboxylic acids is 1. The monoisotopic (exact) mass is 240 g/mol. The smallest absolute Gasteiger partial charge is 0.226 e. The first-order chi connectivity index (χ1) is 8.14. The van der Waals surface area contributed by atoms with Crippen molar-refractivity contribution in [3.05, 3.63) is 0 Å². The first-order valence-corrected chi connectivity index (χ1v) is 7.16. The average molecular weight is 240 g/mol. The van der Waals surface area contributed by atoms with E-state index in [9.17, 15) is 4.79 Å². The fraction of sp³-hybridized carbons (Fsp3) is 0.929. The summed E-state index contributed by atoms with van der Waals surface area (Å²) < 4.78 is 0. The highest BCUT2D eigenvalue weighted by molar-refractivity contribution is 5.83. The van der Waals surface area contributed by atoms with Crippen LogP contribution in [-0.2, 0) is 4.79 Å². The molecule has 0 aromatic carbocycles. The summed E-state index contributed by atoms with van der Waals surface area (Å²) in [5, 5.41) is 6.55. The van der Waals surface area contributed by atoms with Crippen molar-refractivity contribution >= 4 is 5.91 Å². The molecule has 3 heteroatoms. The molecule has 1 aliphatic rings. The topological polar surface area (TPSA) is 41.1 Å². The molecule has 0 radical (unpaired) electrons. The minimum Gasteiger partial charge on any atom is -0.353 e. The van der Waals surface area contributed by atoms with Crippen molar-refractivity contribution in [2.24, 2.45) is 5.41 Å². The largest absolute Gasteiger partial charge is 0.353 e. The Bertz CT molecular complexity index is 234. The van der Waals surface area contributed by atoms with Crippen LogP contribution in [-0.4, -0.2) is 25.0 Å². The van der Waals surface area contributed by atoms with Gasteiger partial charge in [0, 0.05) is 6.04 Å². The van der Waals surface area contributed by atoms with Gasteiger partial charge < -0.3 is 10.6 Å². The molecule has 17 heavy (non-hydrogen) atoms. The van der Waals surface area contributed by atoms with Crippen LogP contribution < -0.4 is 10.6 Å². The Morgan fingerprint density at radius 3 is 2.53 bits per heavy atom. The van der Waals surface area contributed by atoms with Crippen molar-refractivity contribution in [2.45, 2.75) is 65.3 Å². The SMILES string of the molecule is CCCCC(C)NC(=O)C1(CC)CCNCC1. The summed E-state index contributed by atoms with van der Waals surface area (Å²) in [6, 6.07) is 0.320. The summed E-state index contributed by atoms with van der Waals surface area (Å²) in [4.78, 5) is 12.4. The zero-order valence-corrected chi connectivity index (χ0v) is 11.6. The second-order valence-corrected chi connectivity index (χ2v) is 5.40.